The molecule has 1 aromatic carbocycles. The van der Waals surface area contributed by atoms with Crippen LogP contribution in [0.5, 0.6) is 0 Å². The average molecular weight is 356 g/mol. The fraction of sp³-hybridized carbons (Fsp3) is 0.357. The van der Waals surface area contributed by atoms with E-state index in [0.717, 1.165) is 12.4 Å². The summed E-state index contributed by atoms with van der Waals surface area (Å²) in [5.74, 6) is 0.982. The molecule has 0 spiro atoms. The number of hydrogen-bond acceptors (Lipinski definition) is 2. The summed E-state index contributed by atoms with van der Waals surface area (Å²) < 4.78 is 9.00. The van der Waals surface area contributed by atoms with E-state index in [1.807, 2.05) is 26.2 Å². The van der Waals surface area contributed by atoms with Crippen molar-refractivity contribution in [3.8, 4) is 0 Å². The molecule has 2 aromatic rings. The van der Waals surface area contributed by atoms with Crippen molar-refractivity contribution in [2.24, 2.45) is 0 Å². The van der Waals surface area contributed by atoms with E-state index in [4.69, 9.17) is 4.74 Å². The molecular weight excluding hydrogens is 339 g/mol. The third-order valence-electron chi connectivity index (χ3n) is 2.79. The maximum atomic E-state index is 5.60. The molecule has 2 rings (SSSR count). The first-order valence-electron chi connectivity index (χ1n) is 6.07. The Balaban J connectivity index is 2.14. The van der Waals surface area contributed by atoms with Gasteiger partial charge in [-0.25, -0.2) is 4.98 Å². The quantitative estimate of drug-likeness (QED) is 0.765. The van der Waals surface area contributed by atoms with Crippen LogP contribution in [0.2, 0.25) is 0 Å². The molecule has 96 valence electrons. The lowest BCUT2D eigenvalue weighted by Gasteiger charge is -2.14. The highest BCUT2D eigenvalue weighted by atomic mass is 127. The van der Waals surface area contributed by atoms with E-state index in [9.17, 15) is 0 Å². The van der Waals surface area contributed by atoms with E-state index in [2.05, 4.69) is 56.4 Å². The van der Waals surface area contributed by atoms with Crippen LogP contribution in [0, 0.1) is 3.57 Å². The van der Waals surface area contributed by atoms with Gasteiger partial charge in [-0.05, 0) is 54.1 Å². The van der Waals surface area contributed by atoms with Gasteiger partial charge in [0.05, 0.1) is 0 Å². The molecule has 0 aliphatic carbocycles. The van der Waals surface area contributed by atoms with Crippen molar-refractivity contribution in [3.05, 3.63) is 51.6 Å². The van der Waals surface area contributed by atoms with Crippen LogP contribution >= 0.6 is 22.6 Å². The highest BCUT2D eigenvalue weighted by Gasteiger charge is 2.11. The van der Waals surface area contributed by atoms with Crippen molar-refractivity contribution in [2.45, 2.75) is 26.5 Å². The third kappa shape index (κ3) is 3.32. The maximum absolute atomic E-state index is 5.60. The van der Waals surface area contributed by atoms with Crippen molar-refractivity contribution >= 4 is 22.6 Å². The molecule has 0 radical (unpaired) electrons. The van der Waals surface area contributed by atoms with Crippen LogP contribution in [0.15, 0.2) is 36.7 Å². The highest BCUT2D eigenvalue weighted by molar-refractivity contribution is 14.1. The van der Waals surface area contributed by atoms with E-state index in [1.54, 1.807) is 0 Å². The molecule has 0 saturated carbocycles. The molecular formula is C14H17IN2O. The zero-order valence-corrected chi connectivity index (χ0v) is 12.8. The Morgan fingerprint density at radius 1 is 1.33 bits per heavy atom. The predicted molar refractivity (Wildman–Crippen MR) is 80.5 cm³/mol. The Labute approximate surface area is 121 Å². The van der Waals surface area contributed by atoms with Crippen LogP contribution in [-0.2, 0) is 11.3 Å². The van der Waals surface area contributed by atoms with E-state index in [-0.39, 0.29) is 6.10 Å². The van der Waals surface area contributed by atoms with Crippen LogP contribution in [0.4, 0.5) is 0 Å². The first-order valence-corrected chi connectivity index (χ1v) is 7.15. The summed E-state index contributed by atoms with van der Waals surface area (Å²) in [5, 5.41) is 0. The molecule has 18 heavy (non-hydrogen) atoms. The number of aromatic nitrogens is 2. The molecule has 1 aromatic heterocycles. The Bertz CT molecular complexity index is 493. The minimum absolute atomic E-state index is 0.0360. The van der Waals surface area contributed by atoms with Crippen LogP contribution in [-0.4, -0.2) is 16.2 Å². The molecule has 3 nitrogen and oxygen atoms in total. The summed E-state index contributed by atoms with van der Waals surface area (Å²) in [5.41, 5.74) is 1.28. The standard InChI is InChI=1S/C14H17IN2O/c1-3-18-11(2)14-16-8-9-17(14)10-12-4-6-13(15)7-5-12/h4-9,11H,3,10H2,1-2H3/t11-/m0/s1. The van der Waals surface area contributed by atoms with E-state index in [1.165, 1.54) is 9.13 Å². The van der Waals surface area contributed by atoms with Crippen molar-refractivity contribution < 1.29 is 4.74 Å². The molecule has 0 bridgehead atoms. The van der Waals surface area contributed by atoms with Gasteiger partial charge in [-0.1, -0.05) is 12.1 Å². The summed E-state index contributed by atoms with van der Waals surface area (Å²) in [7, 11) is 0. The summed E-state index contributed by atoms with van der Waals surface area (Å²) in [6.07, 6.45) is 3.87. The monoisotopic (exact) mass is 356 g/mol. The predicted octanol–water partition coefficient (Wildman–Crippen LogP) is 3.63. The Kier molecular flexibility index (Phi) is 4.77. The first kappa shape index (κ1) is 13.5. The first-order chi connectivity index (χ1) is 8.70. The van der Waals surface area contributed by atoms with Gasteiger partial charge < -0.3 is 9.30 Å². The van der Waals surface area contributed by atoms with Crippen LogP contribution in [0.25, 0.3) is 0 Å². The lowest BCUT2D eigenvalue weighted by molar-refractivity contribution is 0.0677. The molecule has 0 aliphatic heterocycles. The van der Waals surface area contributed by atoms with Crippen LogP contribution in [0.1, 0.15) is 31.3 Å². The number of benzene rings is 1. The topological polar surface area (TPSA) is 27.1 Å². The van der Waals surface area contributed by atoms with Crippen molar-refractivity contribution in [1.29, 1.82) is 0 Å². The molecule has 0 unspecified atom stereocenters. The Morgan fingerprint density at radius 2 is 2.06 bits per heavy atom. The molecule has 1 atom stereocenters. The lowest BCUT2D eigenvalue weighted by Crippen LogP contribution is -2.10. The van der Waals surface area contributed by atoms with Gasteiger partial charge in [-0.15, -0.1) is 0 Å². The molecule has 0 amide bonds. The van der Waals surface area contributed by atoms with Crippen LogP contribution in [0.3, 0.4) is 0 Å². The second-order valence-electron chi connectivity index (χ2n) is 4.14. The van der Waals surface area contributed by atoms with E-state index in [0.29, 0.717) is 6.61 Å². The number of hydrogen-bond donors (Lipinski definition) is 0. The smallest absolute Gasteiger partial charge is 0.137 e. The normalized spacial score (nSPS) is 12.6. The van der Waals surface area contributed by atoms with Crippen LogP contribution < -0.4 is 0 Å². The molecule has 4 heteroatoms. The van der Waals surface area contributed by atoms with Gasteiger partial charge in [0.1, 0.15) is 11.9 Å². The average Bonchev–Trinajstić information content (AvgIpc) is 2.81. The third-order valence-corrected chi connectivity index (χ3v) is 3.51. The van der Waals surface area contributed by atoms with Crippen molar-refractivity contribution in [3.63, 3.8) is 0 Å². The summed E-state index contributed by atoms with van der Waals surface area (Å²) in [6, 6.07) is 8.55. The van der Waals surface area contributed by atoms with Gasteiger partial charge >= 0.3 is 0 Å². The van der Waals surface area contributed by atoms with Gasteiger partial charge in [-0.3, -0.25) is 0 Å². The summed E-state index contributed by atoms with van der Waals surface area (Å²) >= 11 is 2.32. The van der Waals surface area contributed by atoms with Crippen molar-refractivity contribution in [2.75, 3.05) is 6.61 Å². The maximum Gasteiger partial charge on any atom is 0.137 e. The Hall–Kier alpha value is -0.880. The van der Waals surface area contributed by atoms with E-state index < -0.39 is 0 Å². The molecule has 0 fully saturated rings. The molecule has 0 N–H and O–H groups in total. The second kappa shape index (κ2) is 6.33. The number of ether oxygens (including phenoxy) is 1. The van der Waals surface area contributed by atoms with Gasteiger partial charge in [0, 0.05) is 29.1 Å². The Morgan fingerprint density at radius 3 is 2.72 bits per heavy atom. The summed E-state index contributed by atoms with van der Waals surface area (Å²) in [4.78, 5) is 4.38. The lowest BCUT2D eigenvalue weighted by atomic mass is 10.2. The molecule has 0 aliphatic rings. The fourth-order valence-corrected chi connectivity index (χ4v) is 2.28. The van der Waals surface area contributed by atoms with Gasteiger partial charge in [0.25, 0.3) is 0 Å². The zero-order chi connectivity index (χ0) is 13.0. The van der Waals surface area contributed by atoms with Gasteiger partial charge in [0.15, 0.2) is 0 Å². The minimum Gasteiger partial charge on any atom is -0.371 e. The minimum atomic E-state index is 0.0360. The van der Waals surface area contributed by atoms with Gasteiger partial charge in [0.2, 0.25) is 0 Å². The highest BCUT2D eigenvalue weighted by Crippen LogP contribution is 2.16. The number of imidazole rings is 1. The SMILES string of the molecule is CCO[C@@H](C)c1nccn1Cc1ccc(I)cc1. The largest absolute Gasteiger partial charge is 0.371 e. The zero-order valence-electron chi connectivity index (χ0n) is 10.6. The summed E-state index contributed by atoms with van der Waals surface area (Å²) in [6.45, 7) is 5.58. The second-order valence-corrected chi connectivity index (χ2v) is 5.38. The fourth-order valence-electron chi connectivity index (χ4n) is 1.92. The number of rotatable bonds is 5. The van der Waals surface area contributed by atoms with Gasteiger partial charge in [-0.2, -0.15) is 0 Å². The van der Waals surface area contributed by atoms with Crippen molar-refractivity contribution in [1.82, 2.24) is 9.55 Å². The molecule has 0 saturated heterocycles. The van der Waals surface area contributed by atoms with E-state index >= 15 is 0 Å². The number of nitrogens with zero attached hydrogens (tertiary/aromatic N) is 2. The molecule has 1 heterocycles. The number of halogens is 1.